The van der Waals surface area contributed by atoms with Crippen molar-refractivity contribution in [2.75, 3.05) is 13.6 Å². The van der Waals surface area contributed by atoms with Gasteiger partial charge in [-0.2, -0.15) is 0 Å². The number of imidazole rings is 1. The van der Waals surface area contributed by atoms with E-state index in [1.54, 1.807) is 24.1 Å². The van der Waals surface area contributed by atoms with Crippen molar-refractivity contribution >= 4 is 11.2 Å². The fourth-order valence-corrected chi connectivity index (χ4v) is 2.87. The number of hydrogen-bond donors (Lipinski definition) is 0. The number of hydrogen-bond acceptors (Lipinski definition) is 5. The van der Waals surface area contributed by atoms with Crippen LogP contribution in [0.2, 0.25) is 0 Å². The topological polar surface area (TPSA) is 78.0 Å². The van der Waals surface area contributed by atoms with Crippen LogP contribution in [0.15, 0.2) is 40.3 Å². The van der Waals surface area contributed by atoms with Gasteiger partial charge in [-0.1, -0.05) is 6.07 Å². The lowest BCUT2D eigenvalue weighted by molar-refractivity contribution is 0.248. The summed E-state index contributed by atoms with van der Waals surface area (Å²) in [6.45, 7) is 3.41. The Balaban J connectivity index is 1.85. The Morgan fingerprint density at radius 3 is 2.60 bits per heavy atom. The molecule has 0 saturated heterocycles. The van der Waals surface area contributed by atoms with Crippen LogP contribution in [0.25, 0.3) is 11.2 Å². The van der Waals surface area contributed by atoms with Gasteiger partial charge in [0, 0.05) is 39.4 Å². The summed E-state index contributed by atoms with van der Waals surface area (Å²) in [6.07, 6.45) is 3.40. The third kappa shape index (κ3) is 3.00. The summed E-state index contributed by atoms with van der Waals surface area (Å²) in [5, 5.41) is 0. The number of likely N-dealkylation sites (N-methyl/N-ethyl adjacent to an activating group) is 1. The maximum absolute atomic E-state index is 12.4. The van der Waals surface area contributed by atoms with Crippen LogP contribution in [0.4, 0.5) is 0 Å². The van der Waals surface area contributed by atoms with Crippen molar-refractivity contribution in [1.29, 1.82) is 0 Å². The Morgan fingerprint density at radius 2 is 1.92 bits per heavy atom. The second-order valence-electron chi connectivity index (χ2n) is 6.23. The molecule has 3 aromatic heterocycles. The fraction of sp³-hybridized carbons (Fsp3) is 0.412. The van der Waals surface area contributed by atoms with E-state index in [9.17, 15) is 9.59 Å². The average molecular weight is 342 g/mol. The molecule has 0 bridgehead atoms. The van der Waals surface area contributed by atoms with Gasteiger partial charge in [0.05, 0.1) is 12.0 Å². The van der Waals surface area contributed by atoms with E-state index in [2.05, 4.69) is 21.8 Å². The van der Waals surface area contributed by atoms with E-state index in [0.29, 0.717) is 17.7 Å². The van der Waals surface area contributed by atoms with Crippen molar-refractivity contribution in [2.45, 2.75) is 19.5 Å². The molecule has 8 nitrogen and oxygen atoms in total. The Kier molecular flexibility index (Phi) is 4.54. The molecule has 0 aliphatic heterocycles. The molecule has 0 spiro atoms. The highest BCUT2D eigenvalue weighted by Gasteiger charge is 2.16. The van der Waals surface area contributed by atoms with Gasteiger partial charge in [-0.25, -0.2) is 9.78 Å². The minimum absolute atomic E-state index is 0.156. The summed E-state index contributed by atoms with van der Waals surface area (Å²) in [6, 6.07) is 6.02. The molecule has 1 atom stereocenters. The summed E-state index contributed by atoms with van der Waals surface area (Å²) >= 11 is 0. The Morgan fingerprint density at radius 1 is 1.16 bits per heavy atom. The summed E-state index contributed by atoms with van der Waals surface area (Å²) in [5.74, 6) is 0. The van der Waals surface area contributed by atoms with E-state index in [0.717, 1.165) is 16.8 Å². The van der Waals surface area contributed by atoms with E-state index in [1.807, 2.05) is 25.2 Å². The molecule has 8 heteroatoms. The van der Waals surface area contributed by atoms with E-state index in [-0.39, 0.29) is 17.3 Å². The van der Waals surface area contributed by atoms with Crippen LogP contribution in [0.5, 0.6) is 0 Å². The smallest absolute Gasteiger partial charge is 0.323 e. The Hall–Kier alpha value is -2.74. The van der Waals surface area contributed by atoms with Crippen molar-refractivity contribution in [3.05, 3.63) is 57.3 Å². The lowest BCUT2D eigenvalue weighted by Crippen LogP contribution is -2.37. The molecule has 3 heterocycles. The molecule has 0 aliphatic rings. The number of nitrogens with zero attached hydrogens (tertiary/aromatic N) is 6. The van der Waals surface area contributed by atoms with Gasteiger partial charge in [-0.3, -0.25) is 23.8 Å². The van der Waals surface area contributed by atoms with Crippen molar-refractivity contribution in [3.8, 4) is 0 Å². The minimum atomic E-state index is -0.372. The third-order valence-corrected chi connectivity index (χ3v) is 4.69. The summed E-state index contributed by atoms with van der Waals surface area (Å²) in [7, 11) is 5.12. The van der Waals surface area contributed by atoms with Gasteiger partial charge < -0.3 is 4.57 Å². The molecule has 0 radical (unpaired) electrons. The van der Waals surface area contributed by atoms with Gasteiger partial charge >= 0.3 is 5.69 Å². The van der Waals surface area contributed by atoms with Gasteiger partial charge in [0.25, 0.3) is 5.56 Å². The normalized spacial score (nSPS) is 12.8. The molecule has 3 aromatic rings. The molecular formula is C17H22N6O2. The molecular weight excluding hydrogens is 320 g/mol. The van der Waals surface area contributed by atoms with Crippen molar-refractivity contribution in [2.24, 2.45) is 14.1 Å². The summed E-state index contributed by atoms with van der Waals surface area (Å²) < 4.78 is 4.31. The van der Waals surface area contributed by atoms with Crippen molar-refractivity contribution in [3.63, 3.8) is 0 Å². The number of pyridine rings is 1. The molecule has 0 N–H and O–H groups in total. The van der Waals surface area contributed by atoms with Crippen molar-refractivity contribution < 1.29 is 0 Å². The fourth-order valence-electron chi connectivity index (χ4n) is 2.87. The van der Waals surface area contributed by atoms with Gasteiger partial charge in [0.2, 0.25) is 0 Å². The zero-order valence-corrected chi connectivity index (χ0v) is 14.9. The maximum Gasteiger partial charge on any atom is 0.332 e. The molecule has 0 unspecified atom stereocenters. The standard InChI is InChI=1S/C17H22N6O2/c1-12(13-7-5-6-8-18-13)20(2)9-10-23-11-19-15-14(23)16(24)22(4)17(25)21(15)3/h5-8,11-12H,9-10H2,1-4H3/t12-/m1/s1. The zero-order valence-electron chi connectivity index (χ0n) is 14.9. The van der Waals surface area contributed by atoms with Crippen LogP contribution in [-0.4, -0.2) is 42.2 Å². The lowest BCUT2D eigenvalue weighted by Gasteiger charge is -2.24. The highest BCUT2D eigenvalue weighted by atomic mass is 16.2. The third-order valence-electron chi connectivity index (χ3n) is 4.69. The van der Waals surface area contributed by atoms with Crippen LogP contribution >= 0.6 is 0 Å². The number of fused-ring (bicyclic) bond motifs is 1. The van der Waals surface area contributed by atoms with Crippen LogP contribution < -0.4 is 11.2 Å². The number of aryl methyl sites for hydroxylation is 1. The maximum atomic E-state index is 12.4. The summed E-state index contributed by atoms with van der Waals surface area (Å²) in [5.41, 5.74) is 1.16. The van der Waals surface area contributed by atoms with E-state index >= 15 is 0 Å². The van der Waals surface area contributed by atoms with E-state index in [1.165, 1.54) is 11.6 Å². The lowest BCUT2D eigenvalue weighted by atomic mass is 10.2. The average Bonchev–Trinajstić information content (AvgIpc) is 3.06. The van der Waals surface area contributed by atoms with Gasteiger partial charge in [-0.15, -0.1) is 0 Å². The largest absolute Gasteiger partial charge is 0.332 e. The number of rotatable bonds is 5. The Labute approximate surface area is 145 Å². The molecule has 0 saturated carbocycles. The Bertz CT molecular complexity index is 1000. The zero-order chi connectivity index (χ0) is 18.1. The van der Waals surface area contributed by atoms with E-state index in [4.69, 9.17) is 0 Å². The summed E-state index contributed by atoms with van der Waals surface area (Å²) in [4.78, 5) is 35.2. The monoisotopic (exact) mass is 342 g/mol. The van der Waals surface area contributed by atoms with Gasteiger partial charge in [-0.05, 0) is 26.1 Å². The van der Waals surface area contributed by atoms with Crippen molar-refractivity contribution in [1.82, 2.24) is 28.6 Å². The van der Waals surface area contributed by atoms with Crippen LogP contribution in [0.1, 0.15) is 18.7 Å². The minimum Gasteiger partial charge on any atom is -0.323 e. The highest BCUT2D eigenvalue weighted by molar-refractivity contribution is 5.69. The van der Waals surface area contributed by atoms with E-state index < -0.39 is 0 Å². The first-order valence-corrected chi connectivity index (χ1v) is 8.14. The first-order chi connectivity index (χ1) is 11.9. The van der Waals surface area contributed by atoms with Gasteiger partial charge in [0.15, 0.2) is 11.2 Å². The first-order valence-electron chi connectivity index (χ1n) is 8.14. The second kappa shape index (κ2) is 6.64. The van der Waals surface area contributed by atoms with Crippen LogP contribution in [0, 0.1) is 0 Å². The molecule has 3 rings (SSSR count). The molecule has 25 heavy (non-hydrogen) atoms. The molecule has 0 amide bonds. The SMILES string of the molecule is C[C@H](c1ccccn1)N(C)CCn1cnc2c1c(=O)n(C)c(=O)n2C. The highest BCUT2D eigenvalue weighted by Crippen LogP contribution is 2.16. The molecule has 0 aliphatic carbocycles. The second-order valence-corrected chi connectivity index (χ2v) is 6.23. The molecule has 0 fully saturated rings. The number of aromatic nitrogens is 5. The molecule has 132 valence electrons. The van der Waals surface area contributed by atoms with Crippen LogP contribution in [-0.2, 0) is 20.6 Å². The first kappa shape index (κ1) is 17.1. The predicted molar refractivity (Wildman–Crippen MR) is 95.5 cm³/mol. The van der Waals surface area contributed by atoms with Crippen LogP contribution in [0.3, 0.4) is 0 Å². The molecule has 0 aromatic carbocycles. The predicted octanol–water partition coefficient (Wildman–Crippen LogP) is 0.522. The quantitative estimate of drug-likeness (QED) is 0.676. The van der Waals surface area contributed by atoms with Gasteiger partial charge in [0.1, 0.15) is 0 Å².